The maximum absolute atomic E-state index is 12.3. The van der Waals surface area contributed by atoms with E-state index >= 15 is 0 Å². The van der Waals surface area contributed by atoms with Gasteiger partial charge in [-0.05, 0) is 24.3 Å². The maximum Gasteiger partial charge on any atom is 0.501 e. The lowest BCUT2D eigenvalue weighted by Crippen LogP contribution is -2.28. The van der Waals surface area contributed by atoms with Crippen molar-refractivity contribution in [1.82, 2.24) is 5.32 Å². The molecule has 0 heterocycles. The summed E-state index contributed by atoms with van der Waals surface area (Å²) in [5, 5.41) is 2.42. The van der Waals surface area contributed by atoms with Crippen molar-refractivity contribution in [2.24, 2.45) is 0 Å². The summed E-state index contributed by atoms with van der Waals surface area (Å²) in [7, 11) is -5.36. The SMILES string of the molecule is O=C(CCl)NCCOc1ccc(S(=O)(=O)C(F)(F)F)cc1. The minimum Gasteiger partial charge on any atom is -0.492 e. The van der Waals surface area contributed by atoms with Gasteiger partial charge in [0, 0.05) is 0 Å². The number of ether oxygens (including phenoxy) is 1. The van der Waals surface area contributed by atoms with Gasteiger partial charge in [-0.25, -0.2) is 8.42 Å². The molecular formula is C11H11ClF3NO4S. The summed E-state index contributed by atoms with van der Waals surface area (Å²) in [4.78, 5) is 9.94. The van der Waals surface area contributed by atoms with Crippen LogP contribution in [-0.2, 0) is 14.6 Å². The number of nitrogens with one attached hydrogen (secondary N) is 1. The van der Waals surface area contributed by atoms with Crippen molar-refractivity contribution in [2.45, 2.75) is 10.4 Å². The number of alkyl halides is 4. The van der Waals surface area contributed by atoms with E-state index in [0.717, 1.165) is 24.3 Å². The highest BCUT2D eigenvalue weighted by atomic mass is 35.5. The Balaban J connectivity index is 2.61. The zero-order valence-electron chi connectivity index (χ0n) is 10.5. The van der Waals surface area contributed by atoms with E-state index in [1.54, 1.807) is 0 Å². The summed E-state index contributed by atoms with van der Waals surface area (Å²) < 4.78 is 64.3. The molecule has 1 N–H and O–H groups in total. The number of hydrogen-bond donors (Lipinski definition) is 1. The van der Waals surface area contributed by atoms with Crippen molar-refractivity contribution in [3.05, 3.63) is 24.3 Å². The van der Waals surface area contributed by atoms with Crippen molar-refractivity contribution in [3.8, 4) is 5.75 Å². The number of hydrogen-bond acceptors (Lipinski definition) is 4. The van der Waals surface area contributed by atoms with Crippen LogP contribution in [0.3, 0.4) is 0 Å². The Labute approximate surface area is 124 Å². The molecule has 118 valence electrons. The fraction of sp³-hybridized carbons (Fsp3) is 0.364. The first-order valence-corrected chi connectivity index (χ1v) is 7.57. The van der Waals surface area contributed by atoms with Gasteiger partial charge < -0.3 is 10.1 Å². The lowest BCUT2D eigenvalue weighted by atomic mass is 10.3. The largest absolute Gasteiger partial charge is 0.501 e. The van der Waals surface area contributed by atoms with Gasteiger partial charge in [-0.1, -0.05) is 0 Å². The van der Waals surface area contributed by atoms with Gasteiger partial charge in [-0.2, -0.15) is 13.2 Å². The lowest BCUT2D eigenvalue weighted by molar-refractivity contribution is -0.118. The minimum atomic E-state index is -5.36. The molecule has 0 fully saturated rings. The van der Waals surface area contributed by atoms with Crippen LogP contribution in [0.1, 0.15) is 0 Å². The van der Waals surface area contributed by atoms with Gasteiger partial charge in [0.25, 0.3) is 9.84 Å². The normalized spacial score (nSPS) is 12.0. The van der Waals surface area contributed by atoms with Crippen LogP contribution in [0.4, 0.5) is 13.2 Å². The second-order valence-electron chi connectivity index (χ2n) is 3.75. The molecule has 21 heavy (non-hydrogen) atoms. The van der Waals surface area contributed by atoms with E-state index in [2.05, 4.69) is 5.32 Å². The molecule has 0 aromatic heterocycles. The summed E-state index contributed by atoms with van der Waals surface area (Å²) in [6.07, 6.45) is 0. The molecular weight excluding hydrogens is 335 g/mol. The Kier molecular flexibility index (Phi) is 5.85. The Morgan fingerprint density at radius 1 is 1.24 bits per heavy atom. The molecule has 5 nitrogen and oxygen atoms in total. The molecule has 0 aliphatic rings. The van der Waals surface area contributed by atoms with E-state index in [1.165, 1.54) is 0 Å². The predicted octanol–water partition coefficient (Wildman–Crippen LogP) is 1.71. The van der Waals surface area contributed by atoms with Crippen molar-refractivity contribution >= 4 is 27.3 Å². The molecule has 1 aromatic rings. The van der Waals surface area contributed by atoms with Crippen LogP contribution in [0.25, 0.3) is 0 Å². The fourth-order valence-corrected chi connectivity index (χ4v) is 2.11. The number of carbonyl (C=O) groups is 1. The molecule has 0 saturated heterocycles. The smallest absolute Gasteiger partial charge is 0.492 e. The average molecular weight is 346 g/mol. The zero-order chi connectivity index (χ0) is 16.1. The van der Waals surface area contributed by atoms with E-state index in [0.29, 0.717) is 0 Å². The van der Waals surface area contributed by atoms with Crippen LogP contribution in [0, 0.1) is 0 Å². The van der Waals surface area contributed by atoms with Crippen LogP contribution >= 0.6 is 11.6 Å². The Morgan fingerprint density at radius 2 is 1.81 bits per heavy atom. The third-order valence-corrected chi connectivity index (χ3v) is 4.00. The van der Waals surface area contributed by atoms with Crippen molar-refractivity contribution in [2.75, 3.05) is 19.0 Å². The van der Waals surface area contributed by atoms with Crippen LogP contribution in [-0.4, -0.2) is 38.9 Å². The molecule has 0 radical (unpaired) electrons. The molecule has 0 bridgehead atoms. The second kappa shape index (κ2) is 6.99. The van der Waals surface area contributed by atoms with Crippen molar-refractivity contribution < 1.29 is 31.1 Å². The molecule has 0 aliphatic carbocycles. The highest BCUT2D eigenvalue weighted by Gasteiger charge is 2.46. The first-order valence-electron chi connectivity index (χ1n) is 5.55. The Hall–Kier alpha value is -1.48. The molecule has 0 aliphatic heterocycles. The summed E-state index contributed by atoms with van der Waals surface area (Å²) in [5.41, 5.74) is -5.35. The number of halogens is 4. The van der Waals surface area contributed by atoms with Crippen LogP contribution < -0.4 is 10.1 Å². The van der Waals surface area contributed by atoms with Gasteiger partial charge in [0.15, 0.2) is 0 Å². The number of carbonyl (C=O) groups excluding carboxylic acids is 1. The first kappa shape index (κ1) is 17.6. The number of sulfone groups is 1. The molecule has 0 unspecified atom stereocenters. The quantitative estimate of drug-likeness (QED) is 0.629. The lowest BCUT2D eigenvalue weighted by Gasteiger charge is -2.10. The maximum atomic E-state index is 12.3. The Morgan fingerprint density at radius 3 is 2.29 bits per heavy atom. The fourth-order valence-electron chi connectivity index (χ4n) is 1.26. The predicted molar refractivity (Wildman–Crippen MR) is 68.9 cm³/mol. The number of amides is 1. The summed E-state index contributed by atoms with van der Waals surface area (Å²) >= 11 is 5.24. The topological polar surface area (TPSA) is 72.5 Å². The van der Waals surface area contributed by atoms with E-state index in [-0.39, 0.29) is 30.7 Å². The van der Waals surface area contributed by atoms with Crippen molar-refractivity contribution in [1.29, 1.82) is 0 Å². The summed E-state index contributed by atoms with van der Waals surface area (Å²) in [6, 6.07) is 3.80. The number of benzene rings is 1. The first-order chi connectivity index (χ1) is 9.68. The van der Waals surface area contributed by atoms with Crippen LogP contribution in [0.5, 0.6) is 5.75 Å². The molecule has 1 aromatic carbocycles. The summed E-state index contributed by atoms with van der Waals surface area (Å²) in [5.74, 6) is -0.396. The summed E-state index contributed by atoms with van der Waals surface area (Å²) in [6.45, 7) is 0.224. The number of rotatable bonds is 6. The average Bonchev–Trinajstić information content (AvgIpc) is 2.42. The van der Waals surface area contributed by atoms with Gasteiger partial charge in [-0.15, -0.1) is 11.6 Å². The Bertz CT molecular complexity index is 586. The second-order valence-corrected chi connectivity index (χ2v) is 5.96. The van der Waals surface area contributed by atoms with E-state index < -0.39 is 20.2 Å². The van der Waals surface area contributed by atoms with E-state index in [1.807, 2.05) is 0 Å². The molecule has 1 rings (SSSR count). The minimum absolute atomic E-state index is 0.0635. The van der Waals surface area contributed by atoms with E-state index in [9.17, 15) is 26.4 Å². The molecule has 1 amide bonds. The van der Waals surface area contributed by atoms with Crippen LogP contribution in [0.15, 0.2) is 29.2 Å². The van der Waals surface area contributed by atoms with Gasteiger partial charge >= 0.3 is 5.51 Å². The standard InChI is InChI=1S/C11H11ClF3NO4S/c12-7-10(17)16-5-6-20-8-1-3-9(4-2-8)21(18,19)11(13,14)15/h1-4H,5-7H2,(H,16,17). The van der Waals surface area contributed by atoms with Crippen LogP contribution in [0.2, 0.25) is 0 Å². The monoisotopic (exact) mass is 345 g/mol. The van der Waals surface area contributed by atoms with Gasteiger partial charge in [0.1, 0.15) is 18.2 Å². The van der Waals surface area contributed by atoms with Gasteiger partial charge in [-0.3, -0.25) is 4.79 Å². The highest BCUT2D eigenvalue weighted by molar-refractivity contribution is 7.92. The zero-order valence-corrected chi connectivity index (χ0v) is 12.1. The molecule has 0 spiro atoms. The molecule has 10 heteroatoms. The van der Waals surface area contributed by atoms with Crippen molar-refractivity contribution in [3.63, 3.8) is 0 Å². The van der Waals surface area contributed by atoms with Gasteiger partial charge in [0.2, 0.25) is 5.91 Å². The third-order valence-electron chi connectivity index (χ3n) is 2.25. The van der Waals surface area contributed by atoms with E-state index in [4.69, 9.17) is 16.3 Å². The van der Waals surface area contributed by atoms with Gasteiger partial charge in [0.05, 0.1) is 11.4 Å². The molecule has 0 saturated carbocycles. The third kappa shape index (κ3) is 4.78. The highest BCUT2D eigenvalue weighted by Crippen LogP contribution is 2.30. The molecule has 0 atom stereocenters.